The zero-order chi connectivity index (χ0) is 11.3. The lowest BCUT2D eigenvalue weighted by Crippen LogP contribution is -2.49. The van der Waals surface area contributed by atoms with E-state index in [0.29, 0.717) is 6.61 Å². The third-order valence-electron chi connectivity index (χ3n) is 3.72. The number of amides is 1. The molecule has 15 heavy (non-hydrogen) atoms. The molecule has 3 heteroatoms. The molecule has 1 saturated heterocycles. The summed E-state index contributed by atoms with van der Waals surface area (Å²) in [5, 5.41) is 3.20. The molecule has 0 spiro atoms. The van der Waals surface area contributed by atoms with Gasteiger partial charge in [-0.1, -0.05) is 20.8 Å². The molecule has 1 rings (SSSR count). The number of nitrogens with one attached hydrogen (secondary N) is 1. The molecule has 1 amide bonds. The van der Waals surface area contributed by atoms with Crippen molar-refractivity contribution >= 4 is 5.91 Å². The van der Waals surface area contributed by atoms with E-state index in [4.69, 9.17) is 4.74 Å². The minimum Gasteiger partial charge on any atom is -0.381 e. The fourth-order valence-electron chi connectivity index (χ4n) is 2.12. The lowest BCUT2D eigenvalue weighted by molar-refractivity contribution is -0.127. The highest BCUT2D eigenvalue weighted by Gasteiger charge is 2.31. The number of hydrogen-bond donors (Lipinski definition) is 1. The van der Waals surface area contributed by atoms with Crippen molar-refractivity contribution in [3.8, 4) is 0 Å². The third-order valence-corrected chi connectivity index (χ3v) is 3.72. The van der Waals surface area contributed by atoms with Crippen molar-refractivity contribution in [3.05, 3.63) is 0 Å². The minimum absolute atomic E-state index is 0.000324. The highest BCUT2D eigenvalue weighted by atomic mass is 16.5. The molecular formula is C12H23NO2. The first-order valence-corrected chi connectivity index (χ1v) is 6.07. The molecule has 0 aliphatic carbocycles. The Kier molecular flexibility index (Phi) is 4.58. The maximum atomic E-state index is 11.9. The van der Waals surface area contributed by atoms with E-state index in [9.17, 15) is 4.79 Å². The number of rotatable bonds is 5. The number of carbonyl (C=O) groups excluding carboxylic acids is 1. The van der Waals surface area contributed by atoms with E-state index in [1.165, 1.54) is 0 Å². The molecule has 1 N–H and O–H groups in total. The molecule has 0 radical (unpaired) electrons. The van der Waals surface area contributed by atoms with Gasteiger partial charge in [0.15, 0.2) is 0 Å². The summed E-state index contributed by atoms with van der Waals surface area (Å²) in [4.78, 5) is 11.9. The van der Waals surface area contributed by atoms with Crippen molar-refractivity contribution < 1.29 is 9.53 Å². The van der Waals surface area contributed by atoms with Crippen LogP contribution in [0.3, 0.4) is 0 Å². The van der Waals surface area contributed by atoms with Gasteiger partial charge in [-0.15, -0.1) is 0 Å². The smallest absolute Gasteiger partial charge is 0.225 e. The molecule has 1 atom stereocenters. The van der Waals surface area contributed by atoms with E-state index in [1.54, 1.807) is 0 Å². The average Bonchev–Trinajstić information content (AvgIpc) is 2.79. The highest BCUT2D eigenvalue weighted by molar-refractivity contribution is 5.79. The van der Waals surface area contributed by atoms with Crippen LogP contribution >= 0.6 is 0 Å². The maximum Gasteiger partial charge on any atom is 0.225 e. The molecule has 0 aromatic heterocycles. The van der Waals surface area contributed by atoms with Crippen LogP contribution < -0.4 is 5.32 Å². The Morgan fingerprint density at radius 1 is 1.33 bits per heavy atom. The monoisotopic (exact) mass is 213 g/mol. The molecule has 0 saturated carbocycles. The van der Waals surface area contributed by atoms with Crippen molar-refractivity contribution in [1.82, 2.24) is 5.32 Å². The Hall–Kier alpha value is -0.570. The van der Waals surface area contributed by atoms with Crippen molar-refractivity contribution in [1.29, 1.82) is 0 Å². The van der Waals surface area contributed by atoms with Gasteiger partial charge in [0, 0.05) is 12.1 Å². The summed E-state index contributed by atoms with van der Waals surface area (Å²) in [6.07, 6.45) is 3.87. The summed E-state index contributed by atoms with van der Waals surface area (Å²) in [6.45, 7) is 7.74. The van der Waals surface area contributed by atoms with Crippen LogP contribution in [0.1, 0.15) is 46.5 Å². The Morgan fingerprint density at radius 2 is 1.93 bits per heavy atom. The van der Waals surface area contributed by atoms with Crippen LogP contribution in [-0.4, -0.2) is 24.7 Å². The molecule has 3 nitrogen and oxygen atoms in total. The second-order valence-electron chi connectivity index (χ2n) is 4.39. The van der Waals surface area contributed by atoms with Gasteiger partial charge in [0.25, 0.3) is 0 Å². The van der Waals surface area contributed by atoms with Crippen molar-refractivity contribution in [2.75, 3.05) is 13.2 Å². The molecule has 1 aliphatic rings. The summed E-state index contributed by atoms with van der Waals surface area (Å²) in [5.41, 5.74) is -0.000324. The zero-order valence-electron chi connectivity index (χ0n) is 10.1. The zero-order valence-corrected chi connectivity index (χ0v) is 10.1. The molecular weight excluding hydrogens is 190 g/mol. The van der Waals surface area contributed by atoms with E-state index in [0.717, 1.165) is 32.3 Å². The molecule has 1 fully saturated rings. The average molecular weight is 213 g/mol. The maximum absolute atomic E-state index is 11.9. The normalized spacial score (nSPS) is 21.7. The standard InChI is InChI=1S/C12H23NO2/c1-4-12(5-2,6-3)13-11(14)10-7-8-15-9-10/h10H,4-9H2,1-3H3,(H,13,14). The first-order valence-electron chi connectivity index (χ1n) is 6.07. The van der Waals surface area contributed by atoms with Gasteiger partial charge in [0.05, 0.1) is 12.5 Å². The van der Waals surface area contributed by atoms with E-state index in [2.05, 4.69) is 26.1 Å². The van der Waals surface area contributed by atoms with Gasteiger partial charge in [0.2, 0.25) is 5.91 Å². The second kappa shape index (κ2) is 5.50. The summed E-state index contributed by atoms with van der Waals surface area (Å²) in [5.74, 6) is 0.257. The Morgan fingerprint density at radius 3 is 2.33 bits per heavy atom. The van der Waals surface area contributed by atoms with Crippen molar-refractivity contribution in [2.45, 2.75) is 52.0 Å². The summed E-state index contributed by atoms with van der Waals surface area (Å²) < 4.78 is 5.23. The van der Waals surface area contributed by atoms with Gasteiger partial charge in [-0.05, 0) is 25.7 Å². The lowest BCUT2D eigenvalue weighted by Gasteiger charge is -2.32. The summed E-state index contributed by atoms with van der Waals surface area (Å²) in [7, 11) is 0. The van der Waals surface area contributed by atoms with Crippen LogP contribution in [0, 0.1) is 5.92 Å². The van der Waals surface area contributed by atoms with Crippen molar-refractivity contribution in [3.63, 3.8) is 0 Å². The van der Waals surface area contributed by atoms with Crippen LogP contribution in [0.5, 0.6) is 0 Å². The molecule has 0 aromatic carbocycles. The molecule has 0 bridgehead atoms. The van der Waals surface area contributed by atoms with E-state index in [1.807, 2.05) is 0 Å². The first-order chi connectivity index (χ1) is 7.17. The fourth-order valence-corrected chi connectivity index (χ4v) is 2.12. The second-order valence-corrected chi connectivity index (χ2v) is 4.39. The summed E-state index contributed by atoms with van der Waals surface area (Å²) >= 11 is 0. The first kappa shape index (κ1) is 12.5. The molecule has 0 aromatic rings. The number of ether oxygens (including phenoxy) is 1. The van der Waals surface area contributed by atoms with Gasteiger partial charge < -0.3 is 10.1 Å². The van der Waals surface area contributed by atoms with Crippen molar-refractivity contribution in [2.24, 2.45) is 5.92 Å². The minimum atomic E-state index is -0.000324. The third kappa shape index (κ3) is 2.94. The van der Waals surface area contributed by atoms with Crippen LogP contribution in [0.2, 0.25) is 0 Å². The fraction of sp³-hybridized carbons (Fsp3) is 0.917. The van der Waals surface area contributed by atoms with E-state index in [-0.39, 0.29) is 17.4 Å². The highest BCUT2D eigenvalue weighted by Crippen LogP contribution is 2.21. The van der Waals surface area contributed by atoms with Gasteiger partial charge in [-0.25, -0.2) is 0 Å². The Bertz CT molecular complexity index is 197. The predicted molar refractivity (Wildman–Crippen MR) is 60.7 cm³/mol. The van der Waals surface area contributed by atoms with E-state index < -0.39 is 0 Å². The van der Waals surface area contributed by atoms with Gasteiger partial charge in [0.1, 0.15) is 0 Å². The van der Waals surface area contributed by atoms with Gasteiger partial charge >= 0.3 is 0 Å². The largest absolute Gasteiger partial charge is 0.381 e. The summed E-state index contributed by atoms with van der Waals surface area (Å²) in [6, 6.07) is 0. The topological polar surface area (TPSA) is 38.3 Å². The molecule has 1 heterocycles. The van der Waals surface area contributed by atoms with Crippen LogP contribution in [0.4, 0.5) is 0 Å². The van der Waals surface area contributed by atoms with Crippen LogP contribution in [-0.2, 0) is 9.53 Å². The lowest BCUT2D eigenvalue weighted by atomic mass is 9.89. The SMILES string of the molecule is CCC(CC)(CC)NC(=O)C1CCOC1. The molecule has 1 aliphatic heterocycles. The van der Waals surface area contributed by atoms with Crippen LogP contribution in [0.15, 0.2) is 0 Å². The number of hydrogen-bond acceptors (Lipinski definition) is 2. The number of carbonyl (C=O) groups is 1. The Balaban J connectivity index is 2.53. The quantitative estimate of drug-likeness (QED) is 0.759. The van der Waals surface area contributed by atoms with E-state index >= 15 is 0 Å². The molecule has 1 unspecified atom stereocenters. The van der Waals surface area contributed by atoms with Gasteiger partial charge in [-0.2, -0.15) is 0 Å². The Labute approximate surface area is 92.6 Å². The molecule has 88 valence electrons. The van der Waals surface area contributed by atoms with Gasteiger partial charge in [-0.3, -0.25) is 4.79 Å². The predicted octanol–water partition coefficient (Wildman–Crippen LogP) is 2.11. The van der Waals surface area contributed by atoms with Crippen LogP contribution in [0.25, 0.3) is 0 Å².